The molecule has 0 aliphatic rings. The van der Waals surface area contributed by atoms with E-state index in [0.717, 1.165) is 5.56 Å². The first-order valence-electron chi connectivity index (χ1n) is 5.61. The Morgan fingerprint density at radius 2 is 1.90 bits per heavy atom. The summed E-state index contributed by atoms with van der Waals surface area (Å²) >= 11 is 12.4. The van der Waals surface area contributed by atoms with Crippen LogP contribution in [-0.4, -0.2) is 25.7 Å². The summed E-state index contributed by atoms with van der Waals surface area (Å²) in [7, 11) is 0. The van der Waals surface area contributed by atoms with Gasteiger partial charge in [0.1, 0.15) is 10.3 Å². The molecular formula is C13H7Cl2N3O2. The van der Waals surface area contributed by atoms with Crippen molar-refractivity contribution in [3.63, 3.8) is 0 Å². The Kier molecular flexibility index (Phi) is 3.08. The third-order valence-electron chi connectivity index (χ3n) is 2.78. The van der Waals surface area contributed by atoms with Gasteiger partial charge in [-0.1, -0.05) is 53.5 Å². The zero-order valence-corrected chi connectivity index (χ0v) is 11.4. The normalized spacial score (nSPS) is 10.9. The Morgan fingerprint density at radius 1 is 1.20 bits per heavy atom. The number of nitrogens with zero attached hydrogens (tertiary/aromatic N) is 3. The number of carboxylic acids is 1. The molecule has 0 aliphatic heterocycles. The van der Waals surface area contributed by atoms with Gasteiger partial charge in [0.15, 0.2) is 11.3 Å². The fourth-order valence-electron chi connectivity index (χ4n) is 1.89. The first kappa shape index (κ1) is 12.9. The Labute approximate surface area is 123 Å². The van der Waals surface area contributed by atoms with Crippen LogP contribution in [0.25, 0.3) is 16.8 Å². The lowest BCUT2D eigenvalue weighted by atomic mass is 10.1. The zero-order chi connectivity index (χ0) is 14.3. The third-order valence-corrected chi connectivity index (χ3v) is 3.41. The molecule has 0 amide bonds. The van der Waals surface area contributed by atoms with Crippen molar-refractivity contribution in [2.75, 3.05) is 0 Å². The van der Waals surface area contributed by atoms with Crippen LogP contribution in [-0.2, 0) is 0 Å². The van der Waals surface area contributed by atoms with E-state index in [1.54, 1.807) is 0 Å². The molecule has 0 spiro atoms. The van der Waals surface area contributed by atoms with Crippen LogP contribution in [0.2, 0.25) is 10.3 Å². The summed E-state index contributed by atoms with van der Waals surface area (Å²) in [5, 5.41) is 13.3. The van der Waals surface area contributed by atoms with Crippen LogP contribution >= 0.6 is 23.2 Å². The number of aromatic nitrogens is 3. The van der Waals surface area contributed by atoms with Crippen LogP contribution in [0.4, 0.5) is 0 Å². The van der Waals surface area contributed by atoms with Gasteiger partial charge < -0.3 is 5.11 Å². The molecule has 20 heavy (non-hydrogen) atoms. The number of carboxylic acid groups (broad SMARTS) is 1. The Morgan fingerprint density at radius 3 is 2.55 bits per heavy atom. The fourth-order valence-corrected chi connectivity index (χ4v) is 2.55. The Balaban J connectivity index is 2.31. The number of halogens is 2. The summed E-state index contributed by atoms with van der Waals surface area (Å²) in [6.07, 6.45) is 0. The van der Waals surface area contributed by atoms with Crippen LogP contribution < -0.4 is 0 Å². The number of fused-ring (bicyclic) bond motifs is 1. The topological polar surface area (TPSA) is 67.5 Å². The molecule has 3 aromatic rings. The van der Waals surface area contributed by atoms with Gasteiger partial charge >= 0.3 is 5.97 Å². The summed E-state index contributed by atoms with van der Waals surface area (Å²) in [5.41, 5.74) is 1.45. The predicted molar refractivity (Wildman–Crippen MR) is 75.4 cm³/mol. The molecule has 0 aliphatic carbocycles. The summed E-state index contributed by atoms with van der Waals surface area (Å²) in [4.78, 5) is 15.1. The molecular weight excluding hydrogens is 301 g/mol. The predicted octanol–water partition coefficient (Wildman–Crippen LogP) is 3.40. The van der Waals surface area contributed by atoms with Crippen molar-refractivity contribution in [2.45, 2.75) is 0 Å². The fraction of sp³-hybridized carbons (Fsp3) is 0. The number of hydrogen-bond acceptors (Lipinski definition) is 3. The van der Waals surface area contributed by atoms with Gasteiger partial charge in [0.05, 0.1) is 5.56 Å². The number of hydrogen-bond donors (Lipinski definition) is 1. The smallest absolute Gasteiger partial charge is 0.356 e. The molecule has 0 atom stereocenters. The van der Waals surface area contributed by atoms with Crippen LogP contribution in [0.15, 0.2) is 36.4 Å². The highest BCUT2D eigenvalue weighted by atomic mass is 35.5. The van der Waals surface area contributed by atoms with Crippen molar-refractivity contribution in [3.8, 4) is 11.1 Å². The van der Waals surface area contributed by atoms with Crippen LogP contribution in [0.5, 0.6) is 0 Å². The molecule has 7 heteroatoms. The van der Waals surface area contributed by atoms with Crippen molar-refractivity contribution in [2.24, 2.45) is 0 Å². The van der Waals surface area contributed by atoms with Crippen molar-refractivity contribution >= 4 is 34.8 Å². The van der Waals surface area contributed by atoms with E-state index in [1.165, 1.54) is 10.6 Å². The molecule has 0 unspecified atom stereocenters. The second-order valence-electron chi connectivity index (χ2n) is 4.04. The molecule has 0 fully saturated rings. The average molecular weight is 308 g/mol. The van der Waals surface area contributed by atoms with Gasteiger partial charge in [0, 0.05) is 6.07 Å². The molecule has 1 N–H and O–H groups in total. The number of carbonyl (C=O) groups is 1. The lowest BCUT2D eigenvalue weighted by molar-refractivity contribution is 0.0690. The SMILES string of the molecule is O=C(O)c1cc2nc(Cl)c(-c3ccccc3)c(Cl)n2n1. The van der Waals surface area contributed by atoms with E-state index in [0.29, 0.717) is 5.56 Å². The maximum Gasteiger partial charge on any atom is 0.356 e. The molecule has 1 aromatic carbocycles. The van der Waals surface area contributed by atoms with E-state index in [-0.39, 0.29) is 21.6 Å². The molecule has 3 rings (SSSR count). The van der Waals surface area contributed by atoms with Gasteiger partial charge in [-0.3, -0.25) is 0 Å². The zero-order valence-electron chi connectivity index (χ0n) is 9.92. The average Bonchev–Trinajstić information content (AvgIpc) is 2.84. The largest absolute Gasteiger partial charge is 0.476 e. The molecule has 2 heterocycles. The second-order valence-corrected chi connectivity index (χ2v) is 4.76. The quantitative estimate of drug-likeness (QED) is 0.737. The van der Waals surface area contributed by atoms with E-state index in [9.17, 15) is 4.79 Å². The van der Waals surface area contributed by atoms with Crippen molar-refractivity contribution < 1.29 is 9.90 Å². The molecule has 2 aromatic heterocycles. The lowest BCUT2D eigenvalue weighted by Crippen LogP contribution is -2.00. The molecule has 0 radical (unpaired) electrons. The highest BCUT2D eigenvalue weighted by Crippen LogP contribution is 2.33. The summed E-state index contributed by atoms with van der Waals surface area (Å²) in [5.74, 6) is -1.15. The Bertz CT molecular complexity index is 815. The molecule has 0 saturated carbocycles. The molecule has 0 saturated heterocycles. The van der Waals surface area contributed by atoms with Crippen LogP contribution in [0, 0.1) is 0 Å². The summed E-state index contributed by atoms with van der Waals surface area (Å²) in [6.45, 7) is 0. The Hall–Kier alpha value is -2.11. The minimum atomic E-state index is -1.15. The molecule has 5 nitrogen and oxygen atoms in total. The van der Waals surface area contributed by atoms with Gasteiger partial charge in [-0.15, -0.1) is 0 Å². The van der Waals surface area contributed by atoms with Crippen molar-refractivity contribution in [3.05, 3.63) is 52.4 Å². The first-order valence-corrected chi connectivity index (χ1v) is 6.37. The van der Waals surface area contributed by atoms with Gasteiger partial charge in [-0.05, 0) is 5.56 Å². The van der Waals surface area contributed by atoms with E-state index in [2.05, 4.69) is 10.1 Å². The highest BCUT2D eigenvalue weighted by Gasteiger charge is 2.18. The lowest BCUT2D eigenvalue weighted by Gasteiger charge is -2.07. The third kappa shape index (κ3) is 2.01. The minimum Gasteiger partial charge on any atom is -0.476 e. The van der Waals surface area contributed by atoms with Crippen LogP contribution in [0.3, 0.4) is 0 Å². The standard InChI is InChI=1S/C13H7Cl2N3O2/c14-11-10(7-4-2-1-3-5-7)12(15)18-9(16-11)6-8(17-18)13(19)20/h1-6H,(H,19,20). The minimum absolute atomic E-state index is 0.138. The van der Waals surface area contributed by atoms with E-state index >= 15 is 0 Å². The van der Waals surface area contributed by atoms with E-state index < -0.39 is 5.97 Å². The molecule has 0 bridgehead atoms. The van der Waals surface area contributed by atoms with Gasteiger partial charge in [0.25, 0.3) is 0 Å². The monoisotopic (exact) mass is 307 g/mol. The number of rotatable bonds is 2. The number of aromatic carboxylic acids is 1. The van der Waals surface area contributed by atoms with Crippen molar-refractivity contribution in [1.82, 2.24) is 14.6 Å². The highest BCUT2D eigenvalue weighted by molar-refractivity contribution is 6.38. The second kappa shape index (κ2) is 4.77. The van der Waals surface area contributed by atoms with Crippen LogP contribution in [0.1, 0.15) is 10.5 Å². The van der Waals surface area contributed by atoms with Gasteiger partial charge in [0.2, 0.25) is 0 Å². The summed E-state index contributed by atoms with van der Waals surface area (Å²) < 4.78 is 1.26. The van der Waals surface area contributed by atoms with E-state index in [4.69, 9.17) is 28.3 Å². The maximum atomic E-state index is 10.9. The van der Waals surface area contributed by atoms with E-state index in [1.807, 2.05) is 30.3 Å². The number of benzene rings is 1. The first-order chi connectivity index (χ1) is 9.58. The summed E-state index contributed by atoms with van der Waals surface area (Å²) in [6, 6.07) is 10.5. The maximum absolute atomic E-state index is 10.9. The van der Waals surface area contributed by atoms with Gasteiger partial charge in [-0.2, -0.15) is 5.10 Å². The molecule has 100 valence electrons. The van der Waals surface area contributed by atoms with Crippen molar-refractivity contribution in [1.29, 1.82) is 0 Å². The van der Waals surface area contributed by atoms with Gasteiger partial charge in [-0.25, -0.2) is 14.3 Å².